The SMILES string of the molecule is CCC(C)C(=O)C1CCc2c(OC)cccc21. The van der Waals surface area contributed by atoms with Gasteiger partial charge in [-0.15, -0.1) is 0 Å². The molecule has 0 radical (unpaired) electrons. The summed E-state index contributed by atoms with van der Waals surface area (Å²) in [6.45, 7) is 4.10. The van der Waals surface area contributed by atoms with Crippen molar-refractivity contribution >= 4 is 5.78 Å². The summed E-state index contributed by atoms with van der Waals surface area (Å²) in [5, 5.41) is 0. The molecule has 2 heteroatoms. The van der Waals surface area contributed by atoms with Gasteiger partial charge >= 0.3 is 0 Å². The number of ether oxygens (including phenoxy) is 1. The highest BCUT2D eigenvalue weighted by atomic mass is 16.5. The molecule has 1 aromatic rings. The van der Waals surface area contributed by atoms with Crippen molar-refractivity contribution in [3.63, 3.8) is 0 Å². The smallest absolute Gasteiger partial charge is 0.143 e. The van der Waals surface area contributed by atoms with Crippen molar-refractivity contribution in [3.8, 4) is 5.75 Å². The van der Waals surface area contributed by atoms with Crippen LogP contribution in [0.1, 0.15) is 43.7 Å². The van der Waals surface area contributed by atoms with Crippen LogP contribution in [0.5, 0.6) is 5.75 Å². The quantitative estimate of drug-likeness (QED) is 0.795. The van der Waals surface area contributed by atoms with Crippen LogP contribution in [0.25, 0.3) is 0 Å². The lowest BCUT2D eigenvalue weighted by molar-refractivity contribution is -0.123. The molecule has 0 N–H and O–H groups in total. The fraction of sp³-hybridized carbons (Fsp3) is 0.533. The van der Waals surface area contributed by atoms with Crippen molar-refractivity contribution in [1.82, 2.24) is 0 Å². The standard InChI is InChI=1S/C15H20O2/c1-4-10(2)15(16)13-9-8-12-11(13)6-5-7-14(12)17-3/h5-7,10,13H,4,8-9H2,1-3H3. The molecule has 17 heavy (non-hydrogen) atoms. The van der Waals surface area contributed by atoms with Gasteiger partial charge in [0, 0.05) is 11.8 Å². The monoisotopic (exact) mass is 232 g/mol. The van der Waals surface area contributed by atoms with E-state index in [9.17, 15) is 4.79 Å². The summed E-state index contributed by atoms with van der Waals surface area (Å²) < 4.78 is 5.36. The first-order valence-corrected chi connectivity index (χ1v) is 6.38. The predicted octanol–water partition coefficient (Wildman–Crippen LogP) is 3.34. The highest BCUT2D eigenvalue weighted by Crippen LogP contribution is 2.40. The number of ketones is 1. The van der Waals surface area contributed by atoms with E-state index in [1.54, 1.807) is 7.11 Å². The zero-order chi connectivity index (χ0) is 12.4. The van der Waals surface area contributed by atoms with Crippen LogP contribution in [-0.4, -0.2) is 12.9 Å². The number of carbonyl (C=O) groups is 1. The summed E-state index contributed by atoms with van der Waals surface area (Å²) in [5.41, 5.74) is 2.42. The molecule has 0 saturated carbocycles. The minimum atomic E-state index is 0.0926. The third-order valence-electron chi connectivity index (χ3n) is 3.89. The molecule has 2 rings (SSSR count). The Morgan fingerprint density at radius 1 is 1.53 bits per heavy atom. The first-order valence-electron chi connectivity index (χ1n) is 6.38. The zero-order valence-corrected chi connectivity index (χ0v) is 10.8. The van der Waals surface area contributed by atoms with E-state index in [4.69, 9.17) is 4.74 Å². The van der Waals surface area contributed by atoms with Gasteiger partial charge < -0.3 is 4.74 Å². The van der Waals surface area contributed by atoms with Gasteiger partial charge in [-0.2, -0.15) is 0 Å². The maximum absolute atomic E-state index is 12.3. The maximum Gasteiger partial charge on any atom is 0.143 e. The van der Waals surface area contributed by atoms with Crippen molar-refractivity contribution in [1.29, 1.82) is 0 Å². The second-order valence-electron chi connectivity index (χ2n) is 4.83. The number of hydrogen-bond acceptors (Lipinski definition) is 2. The Bertz CT molecular complexity index is 423. The Balaban J connectivity index is 2.31. The third-order valence-corrected chi connectivity index (χ3v) is 3.89. The number of hydrogen-bond donors (Lipinski definition) is 0. The Morgan fingerprint density at radius 3 is 2.94 bits per heavy atom. The van der Waals surface area contributed by atoms with Crippen LogP contribution in [0, 0.1) is 5.92 Å². The van der Waals surface area contributed by atoms with Gasteiger partial charge in [0.15, 0.2) is 0 Å². The molecular weight excluding hydrogens is 212 g/mol. The fourth-order valence-electron chi connectivity index (χ4n) is 2.65. The van der Waals surface area contributed by atoms with Crippen molar-refractivity contribution in [2.45, 2.75) is 39.0 Å². The summed E-state index contributed by atoms with van der Waals surface area (Å²) in [5.74, 6) is 1.58. The average molecular weight is 232 g/mol. The lowest BCUT2D eigenvalue weighted by Crippen LogP contribution is -2.17. The Morgan fingerprint density at radius 2 is 2.29 bits per heavy atom. The van der Waals surface area contributed by atoms with E-state index in [0.29, 0.717) is 5.78 Å². The molecule has 2 unspecified atom stereocenters. The Hall–Kier alpha value is -1.31. The van der Waals surface area contributed by atoms with Crippen molar-refractivity contribution in [2.75, 3.05) is 7.11 Å². The topological polar surface area (TPSA) is 26.3 Å². The molecule has 0 spiro atoms. The molecule has 92 valence electrons. The van der Waals surface area contributed by atoms with Crippen LogP contribution in [0.4, 0.5) is 0 Å². The van der Waals surface area contributed by atoms with Gasteiger partial charge in [0.25, 0.3) is 0 Å². The van der Waals surface area contributed by atoms with Crippen LogP contribution >= 0.6 is 0 Å². The molecule has 0 fully saturated rings. The van der Waals surface area contributed by atoms with Crippen molar-refractivity contribution in [3.05, 3.63) is 29.3 Å². The molecule has 0 amide bonds. The molecule has 1 aliphatic rings. The maximum atomic E-state index is 12.3. The lowest BCUT2D eigenvalue weighted by atomic mass is 9.88. The minimum absolute atomic E-state index is 0.0926. The average Bonchev–Trinajstić information content (AvgIpc) is 2.80. The van der Waals surface area contributed by atoms with E-state index in [1.807, 2.05) is 19.1 Å². The first-order chi connectivity index (χ1) is 8.19. The molecule has 0 aromatic heterocycles. The lowest BCUT2D eigenvalue weighted by Gasteiger charge is -2.15. The summed E-state index contributed by atoms with van der Waals surface area (Å²) in [6.07, 6.45) is 2.83. The second kappa shape index (κ2) is 4.91. The van der Waals surface area contributed by atoms with Gasteiger partial charge in [-0.3, -0.25) is 4.79 Å². The molecule has 0 bridgehead atoms. The van der Waals surface area contributed by atoms with Crippen LogP contribution in [0.15, 0.2) is 18.2 Å². The Labute approximate surface area is 103 Å². The number of fused-ring (bicyclic) bond motifs is 1. The van der Waals surface area contributed by atoms with Gasteiger partial charge in [0.2, 0.25) is 0 Å². The molecule has 0 aliphatic heterocycles. The number of rotatable bonds is 4. The van der Waals surface area contributed by atoms with Gasteiger partial charge in [-0.25, -0.2) is 0 Å². The van der Waals surface area contributed by atoms with E-state index >= 15 is 0 Å². The molecule has 1 aliphatic carbocycles. The summed E-state index contributed by atoms with van der Waals surface area (Å²) in [4.78, 5) is 12.3. The summed E-state index contributed by atoms with van der Waals surface area (Å²) >= 11 is 0. The zero-order valence-electron chi connectivity index (χ0n) is 10.8. The fourth-order valence-corrected chi connectivity index (χ4v) is 2.65. The van der Waals surface area contributed by atoms with Gasteiger partial charge in [-0.1, -0.05) is 26.0 Å². The van der Waals surface area contributed by atoms with Gasteiger partial charge in [-0.05, 0) is 36.5 Å². The summed E-state index contributed by atoms with van der Waals surface area (Å²) in [7, 11) is 1.69. The molecular formula is C15H20O2. The molecule has 1 aromatic carbocycles. The Kier molecular flexibility index (Phi) is 3.51. The van der Waals surface area contributed by atoms with Crippen LogP contribution in [0.3, 0.4) is 0 Å². The van der Waals surface area contributed by atoms with E-state index in [-0.39, 0.29) is 11.8 Å². The number of Topliss-reactive ketones (excluding diaryl/α,β-unsaturated/α-hetero) is 1. The van der Waals surface area contributed by atoms with Gasteiger partial charge in [0.1, 0.15) is 11.5 Å². The molecule has 2 atom stereocenters. The first kappa shape index (κ1) is 12.2. The number of benzene rings is 1. The summed E-state index contributed by atoms with van der Waals surface area (Å²) in [6, 6.07) is 6.05. The van der Waals surface area contributed by atoms with Gasteiger partial charge in [0.05, 0.1) is 7.11 Å². The van der Waals surface area contributed by atoms with E-state index in [2.05, 4.69) is 13.0 Å². The second-order valence-corrected chi connectivity index (χ2v) is 4.83. The normalized spacial score (nSPS) is 19.8. The largest absolute Gasteiger partial charge is 0.496 e. The highest BCUT2D eigenvalue weighted by Gasteiger charge is 2.32. The van der Waals surface area contributed by atoms with Crippen LogP contribution in [0.2, 0.25) is 0 Å². The van der Waals surface area contributed by atoms with E-state index in [1.165, 1.54) is 11.1 Å². The van der Waals surface area contributed by atoms with Crippen LogP contribution in [-0.2, 0) is 11.2 Å². The number of methoxy groups -OCH3 is 1. The van der Waals surface area contributed by atoms with E-state index in [0.717, 1.165) is 25.0 Å². The number of carbonyl (C=O) groups excluding carboxylic acids is 1. The van der Waals surface area contributed by atoms with Crippen LogP contribution < -0.4 is 4.74 Å². The molecule has 0 saturated heterocycles. The highest BCUT2D eigenvalue weighted by molar-refractivity contribution is 5.89. The molecule has 0 heterocycles. The third kappa shape index (κ3) is 2.08. The predicted molar refractivity (Wildman–Crippen MR) is 68.5 cm³/mol. The minimum Gasteiger partial charge on any atom is -0.496 e. The van der Waals surface area contributed by atoms with Crippen molar-refractivity contribution in [2.24, 2.45) is 5.92 Å². The molecule has 2 nitrogen and oxygen atoms in total. The van der Waals surface area contributed by atoms with E-state index < -0.39 is 0 Å². The van der Waals surface area contributed by atoms with Crippen molar-refractivity contribution < 1.29 is 9.53 Å².